The van der Waals surface area contributed by atoms with Gasteiger partial charge in [-0.15, -0.1) is 0 Å². The fourth-order valence-electron chi connectivity index (χ4n) is 3.45. The fraction of sp³-hybridized carbons (Fsp3) is 0. The van der Waals surface area contributed by atoms with Gasteiger partial charge in [-0.05, 0) is 29.8 Å². The van der Waals surface area contributed by atoms with Crippen LogP contribution in [-0.2, 0) is 20.2 Å². The minimum atomic E-state index is -5.02. The average Bonchev–Trinajstić information content (AvgIpc) is 3.13. The fourth-order valence-corrected chi connectivity index (χ4v) is 5.73. The molecule has 0 saturated heterocycles. The van der Waals surface area contributed by atoms with Crippen LogP contribution in [0.2, 0.25) is 5.02 Å². The molecule has 0 radical (unpaired) electrons. The molecule has 1 heterocycles. The second-order valence-electron chi connectivity index (χ2n) is 7.07. The van der Waals surface area contributed by atoms with Gasteiger partial charge in [0.2, 0.25) is 0 Å². The number of H-pyrrole nitrogens is 1. The Kier molecular flexibility index (Phi) is 11.6. The summed E-state index contributed by atoms with van der Waals surface area (Å²) in [7, 11) is -10.0. The molecule has 15 heteroatoms. The molecule has 0 fully saturated rings. The molecule has 3 aromatic carbocycles. The van der Waals surface area contributed by atoms with E-state index in [-0.39, 0.29) is 120 Å². The molecular formula is C21H16BrClK2N2O7S2. The van der Waals surface area contributed by atoms with Crippen LogP contribution >= 0.6 is 27.5 Å². The summed E-state index contributed by atoms with van der Waals surface area (Å²) in [4.78, 5) is 11.1. The van der Waals surface area contributed by atoms with Gasteiger partial charge in [0, 0.05) is 26.7 Å². The van der Waals surface area contributed by atoms with Gasteiger partial charge >= 0.3 is 103 Å². The number of hydrogen-bond acceptors (Lipinski definition) is 5. The summed E-state index contributed by atoms with van der Waals surface area (Å²) in [5.41, 5.74) is -0.593. The van der Waals surface area contributed by atoms with Gasteiger partial charge in [0.25, 0.3) is 25.8 Å². The Morgan fingerprint density at radius 3 is 1.81 bits per heavy atom. The first-order valence-corrected chi connectivity index (χ1v) is 13.4. The molecule has 4 rings (SSSR count). The summed E-state index contributed by atoms with van der Waals surface area (Å²) in [5, 5.41) is 3.07. The monoisotopic (exact) mass is 664 g/mol. The SMILES string of the molecule is O=c1cc(-c2ccccc2Cl)[nH]n1-c1cc(S(=O)(=O)O)c(-c2ccccc2Br)c(S(=O)(=O)O)c1.[KH].[KH]. The number of nitrogens with one attached hydrogen (secondary N) is 1. The maximum absolute atomic E-state index is 12.7. The van der Waals surface area contributed by atoms with E-state index in [0.29, 0.717) is 15.1 Å². The van der Waals surface area contributed by atoms with Gasteiger partial charge in [0.1, 0.15) is 9.79 Å². The minimum absolute atomic E-state index is 0. The number of rotatable bonds is 5. The molecule has 0 atom stereocenters. The van der Waals surface area contributed by atoms with Gasteiger partial charge in [0.05, 0.1) is 11.4 Å². The van der Waals surface area contributed by atoms with Gasteiger partial charge < -0.3 is 0 Å². The Hall–Kier alpha value is 0.533. The Morgan fingerprint density at radius 1 is 0.806 bits per heavy atom. The molecule has 180 valence electrons. The van der Waals surface area contributed by atoms with Crippen LogP contribution in [-0.4, -0.2) is 138 Å². The van der Waals surface area contributed by atoms with Gasteiger partial charge in [-0.3, -0.25) is 19.0 Å². The zero-order valence-electron chi connectivity index (χ0n) is 16.8. The Bertz CT molecular complexity index is 1670. The summed E-state index contributed by atoms with van der Waals surface area (Å²) < 4.78 is 70.3. The third-order valence-electron chi connectivity index (χ3n) is 4.89. The predicted molar refractivity (Wildman–Crippen MR) is 144 cm³/mol. The van der Waals surface area contributed by atoms with E-state index in [1.807, 2.05) is 0 Å². The van der Waals surface area contributed by atoms with Crippen molar-refractivity contribution in [1.82, 2.24) is 9.78 Å². The standard InChI is InChI=1S/C21H14BrClN2O7S2.2K.2H/c22-15-7-3-1-5-13(15)21-18(33(27,28)29)9-12(10-19(21)34(30,31)32)25-20(26)11-17(24-25)14-6-2-4-8-16(14)23;;;;/h1-11,24H,(H,27,28,29)(H,30,31,32);;;;. The summed E-state index contributed by atoms with van der Waals surface area (Å²) >= 11 is 9.40. The van der Waals surface area contributed by atoms with Crippen molar-refractivity contribution in [3.8, 4) is 28.1 Å². The van der Waals surface area contributed by atoms with Crippen molar-refractivity contribution in [3.05, 3.63) is 86.6 Å². The average molecular weight is 666 g/mol. The van der Waals surface area contributed by atoms with Crippen LogP contribution in [0.5, 0.6) is 0 Å². The number of hydrogen-bond donors (Lipinski definition) is 3. The third-order valence-corrected chi connectivity index (χ3v) is 7.67. The number of nitrogens with zero attached hydrogens (tertiary/aromatic N) is 1. The van der Waals surface area contributed by atoms with Gasteiger partial charge in [-0.2, -0.15) is 16.8 Å². The molecule has 36 heavy (non-hydrogen) atoms. The normalized spacial score (nSPS) is 11.4. The molecule has 0 unspecified atom stereocenters. The number of aromatic nitrogens is 2. The zero-order valence-corrected chi connectivity index (χ0v) is 20.8. The van der Waals surface area contributed by atoms with E-state index < -0.39 is 41.1 Å². The van der Waals surface area contributed by atoms with E-state index in [0.717, 1.165) is 16.8 Å². The van der Waals surface area contributed by atoms with Crippen LogP contribution in [0.3, 0.4) is 0 Å². The molecule has 0 aliphatic carbocycles. The van der Waals surface area contributed by atoms with Crippen molar-refractivity contribution in [2.75, 3.05) is 0 Å². The third kappa shape index (κ3) is 6.99. The summed E-state index contributed by atoms with van der Waals surface area (Å²) in [6, 6.07) is 15.7. The van der Waals surface area contributed by atoms with Crippen LogP contribution < -0.4 is 5.56 Å². The number of halogens is 2. The first-order chi connectivity index (χ1) is 15.9. The number of benzene rings is 3. The van der Waals surface area contributed by atoms with Crippen LogP contribution in [0.4, 0.5) is 0 Å². The van der Waals surface area contributed by atoms with Crippen molar-refractivity contribution in [2.45, 2.75) is 9.79 Å². The van der Waals surface area contributed by atoms with Crippen LogP contribution in [0.25, 0.3) is 28.1 Å². The Labute approximate surface area is 305 Å². The summed E-state index contributed by atoms with van der Waals surface area (Å²) in [5.74, 6) is 0. The van der Waals surface area contributed by atoms with Gasteiger partial charge in [-0.1, -0.05) is 63.9 Å². The van der Waals surface area contributed by atoms with Crippen LogP contribution in [0, 0.1) is 0 Å². The second kappa shape index (κ2) is 12.8. The van der Waals surface area contributed by atoms with Gasteiger partial charge in [-0.25, -0.2) is 4.68 Å². The number of aromatic amines is 1. The molecule has 1 aromatic heterocycles. The van der Waals surface area contributed by atoms with Gasteiger partial charge in [0.15, 0.2) is 0 Å². The Balaban J connectivity index is 0.00000228. The van der Waals surface area contributed by atoms with E-state index in [1.54, 1.807) is 30.3 Å². The first-order valence-electron chi connectivity index (χ1n) is 9.33. The summed E-state index contributed by atoms with van der Waals surface area (Å²) in [6.45, 7) is 0. The predicted octanol–water partition coefficient (Wildman–Crippen LogP) is 3.11. The second-order valence-corrected chi connectivity index (χ2v) is 11.1. The molecule has 0 spiro atoms. The van der Waals surface area contributed by atoms with E-state index in [4.69, 9.17) is 11.6 Å². The Morgan fingerprint density at radius 2 is 1.31 bits per heavy atom. The van der Waals surface area contributed by atoms with E-state index >= 15 is 0 Å². The van der Waals surface area contributed by atoms with Crippen molar-refractivity contribution in [2.24, 2.45) is 0 Å². The molecule has 0 amide bonds. The van der Waals surface area contributed by atoms with E-state index in [2.05, 4.69) is 21.0 Å². The van der Waals surface area contributed by atoms with E-state index in [1.165, 1.54) is 24.3 Å². The molecule has 0 bridgehead atoms. The molecule has 0 aliphatic rings. The molecule has 3 N–H and O–H groups in total. The quantitative estimate of drug-likeness (QED) is 0.219. The molecular weight excluding hydrogens is 650 g/mol. The van der Waals surface area contributed by atoms with Crippen LogP contribution in [0.1, 0.15) is 0 Å². The van der Waals surface area contributed by atoms with Crippen molar-refractivity contribution in [3.63, 3.8) is 0 Å². The first kappa shape index (κ1) is 32.7. The molecule has 4 aromatic rings. The van der Waals surface area contributed by atoms with Crippen molar-refractivity contribution >= 4 is 151 Å². The van der Waals surface area contributed by atoms with E-state index in [9.17, 15) is 30.7 Å². The topological polar surface area (TPSA) is 147 Å². The molecule has 0 saturated carbocycles. The molecule has 0 aliphatic heterocycles. The van der Waals surface area contributed by atoms with Crippen molar-refractivity contribution < 1.29 is 25.9 Å². The van der Waals surface area contributed by atoms with Crippen LogP contribution in [0.15, 0.2) is 85.8 Å². The maximum atomic E-state index is 12.7. The van der Waals surface area contributed by atoms with Crippen molar-refractivity contribution in [1.29, 1.82) is 0 Å². The zero-order chi connectivity index (χ0) is 24.8. The molecule has 9 nitrogen and oxygen atoms in total. The summed E-state index contributed by atoms with van der Waals surface area (Å²) in [6.07, 6.45) is 0.